The van der Waals surface area contributed by atoms with Crippen molar-refractivity contribution in [2.75, 3.05) is 12.4 Å². The average Bonchev–Trinajstić information content (AvgIpc) is 3.03. The van der Waals surface area contributed by atoms with E-state index in [0.29, 0.717) is 17.1 Å². The minimum Gasteiger partial charge on any atom is -0.468 e. The van der Waals surface area contributed by atoms with E-state index in [1.54, 1.807) is 6.07 Å². The maximum absolute atomic E-state index is 12.3. The largest absolute Gasteiger partial charge is 0.468 e. The van der Waals surface area contributed by atoms with Gasteiger partial charge in [0.2, 0.25) is 0 Å². The Bertz CT molecular complexity index is 771. The number of rotatable bonds is 5. The Morgan fingerprint density at radius 3 is 2.64 bits per heavy atom. The fraction of sp³-hybridized carbons (Fsp3) is 0.333. The molecule has 1 aromatic heterocycles. The summed E-state index contributed by atoms with van der Waals surface area (Å²) < 4.78 is 4.98. The molecule has 1 aromatic carbocycles. The summed E-state index contributed by atoms with van der Waals surface area (Å²) in [5.74, 6) is -0.374. The number of benzene rings is 1. The van der Waals surface area contributed by atoms with Crippen LogP contribution in [0.2, 0.25) is 0 Å². The van der Waals surface area contributed by atoms with Gasteiger partial charge in [-0.15, -0.1) is 23.7 Å². The Hall–Kier alpha value is -1.89. The second-order valence-corrected chi connectivity index (χ2v) is 6.90. The number of hydrogen-bond donors (Lipinski definition) is 2. The highest BCUT2D eigenvalue weighted by Gasteiger charge is 2.46. The number of anilines is 1. The van der Waals surface area contributed by atoms with Gasteiger partial charge >= 0.3 is 5.97 Å². The van der Waals surface area contributed by atoms with E-state index >= 15 is 0 Å². The van der Waals surface area contributed by atoms with Crippen LogP contribution in [0.4, 0.5) is 5.69 Å². The zero-order chi connectivity index (χ0) is 17.2. The Labute approximate surface area is 157 Å². The molecule has 2 aromatic rings. The van der Waals surface area contributed by atoms with Crippen LogP contribution in [0.25, 0.3) is 0 Å². The Morgan fingerprint density at radius 1 is 1.32 bits per heavy atom. The monoisotopic (exact) mass is 380 g/mol. The highest BCUT2D eigenvalue weighted by atomic mass is 35.5. The highest BCUT2D eigenvalue weighted by Crippen LogP contribution is 2.45. The molecule has 0 spiro atoms. The van der Waals surface area contributed by atoms with Gasteiger partial charge in [0.25, 0.3) is 5.91 Å². The second-order valence-electron chi connectivity index (χ2n) is 5.99. The van der Waals surface area contributed by atoms with E-state index in [0.717, 1.165) is 30.4 Å². The van der Waals surface area contributed by atoms with Crippen LogP contribution in [0.15, 0.2) is 35.7 Å². The Balaban J connectivity index is 0.00000225. The minimum absolute atomic E-state index is 0. The smallest absolute Gasteiger partial charge is 0.316 e. The summed E-state index contributed by atoms with van der Waals surface area (Å²) in [6.07, 6.45) is 2.56. The predicted molar refractivity (Wildman–Crippen MR) is 101 cm³/mol. The van der Waals surface area contributed by atoms with Gasteiger partial charge in [0.15, 0.2) is 0 Å². The zero-order valence-corrected chi connectivity index (χ0v) is 15.5. The SMILES string of the molecule is COC(=O)C1(c2cccc(NC(=O)c3cc(CN)cs3)c2)CCC1.Cl. The van der Waals surface area contributed by atoms with Crippen LogP contribution in [-0.2, 0) is 21.5 Å². The van der Waals surface area contributed by atoms with E-state index in [1.165, 1.54) is 18.4 Å². The third kappa shape index (κ3) is 3.71. The Kier molecular flexibility index (Phi) is 6.21. The lowest BCUT2D eigenvalue weighted by atomic mass is 9.64. The molecule has 134 valence electrons. The van der Waals surface area contributed by atoms with E-state index < -0.39 is 5.41 Å². The number of thiophene rings is 1. The molecule has 0 radical (unpaired) electrons. The molecule has 5 nitrogen and oxygen atoms in total. The number of esters is 1. The van der Waals surface area contributed by atoms with Gasteiger partial charge in [-0.2, -0.15) is 0 Å². The van der Waals surface area contributed by atoms with Crippen LogP contribution in [-0.4, -0.2) is 19.0 Å². The van der Waals surface area contributed by atoms with Crippen LogP contribution < -0.4 is 11.1 Å². The van der Waals surface area contributed by atoms with Gasteiger partial charge < -0.3 is 15.8 Å². The molecule has 0 aliphatic heterocycles. The van der Waals surface area contributed by atoms with Crippen LogP contribution >= 0.6 is 23.7 Å². The van der Waals surface area contributed by atoms with Crippen molar-refractivity contribution in [1.82, 2.24) is 0 Å². The lowest BCUT2D eigenvalue weighted by Crippen LogP contribution is -2.43. The van der Waals surface area contributed by atoms with Crippen molar-refractivity contribution in [3.63, 3.8) is 0 Å². The van der Waals surface area contributed by atoms with Crippen molar-refractivity contribution >= 4 is 41.3 Å². The third-order valence-electron chi connectivity index (χ3n) is 4.57. The van der Waals surface area contributed by atoms with Crippen LogP contribution in [0, 0.1) is 0 Å². The average molecular weight is 381 g/mol. The van der Waals surface area contributed by atoms with Crippen molar-refractivity contribution in [2.24, 2.45) is 5.73 Å². The number of halogens is 1. The van der Waals surface area contributed by atoms with Gasteiger partial charge in [-0.3, -0.25) is 9.59 Å². The quantitative estimate of drug-likeness (QED) is 0.778. The maximum atomic E-state index is 12.3. The predicted octanol–water partition coefficient (Wildman–Crippen LogP) is 3.48. The normalized spacial score (nSPS) is 14.8. The topological polar surface area (TPSA) is 81.4 Å². The maximum Gasteiger partial charge on any atom is 0.316 e. The highest BCUT2D eigenvalue weighted by molar-refractivity contribution is 7.12. The van der Waals surface area contributed by atoms with Crippen molar-refractivity contribution < 1.29 is 14.3 Å². The first-order chi connectivity index (χ1) is 11.6. The molecule has 7 heteroatoms. The summed E-state index contributed by atoms with van der Waals surface area (Å²) in [6.45, 7) is 0.418. The molecule has 0 bridgehead atoms. The fourth-order valence-corrected chi connectivity index (χ4v) is 3.85. The van der Waals surface area contributed by atoms with Gasteiger partial charge in [0.05, 0.1) is 17.4 Å². The van der Waals surface area contributed by atoms with E-state index in [-0.39, 0.29) is 24.3 Å². The first kappa shape index (κ1) is 19.4. The van der Waals surface area contributed by atoms with E-state index in [2.05, 4.69) is 5.32 Å². The van der Waals surface area contributed by atoms with Gasteiger partial charge in [0.1, 0.15) is 0 Å². The summed E-state index contributed by atoms with van der Waals surface area (Å²) in [5.41, 5.74) is 7.53. The molecule has 3 N–H and O–H groups in total. The number of amides is 1. The van der Waals surface area contributed by atoms with Crippen LogP contribution in [0.5, 0.6) is 0 Å². The van der Waals surface area contributed by atoms with Gasteiger partial charge in [-0.25, -0.2) is 0 Å². The van der Waals surface area contributed by atoms with E-state index in [4.69, 9.17) is 10.5 Å². The second kappa shape index (κ2) is 7.99. The lowest BCUT2D eigenvalue weighted by Gasteiger charge is -2.39. The van der Waals surface area contributed by atoms with Crippen LogP contribution in [0.1, 0.15) is 40.1 Å². The first-order valence-corrected chi connectivity index (χ1v) is 8.75. The number of carbonyl (C=O) groups excluding carboxylic acids is 2. The van der Waals surface area contributed by atoms with Crippen molar-refractivity contribution in [1.29, 1.82) is 0 Å². The molecule has 1 fully saturated rings. The number of carbonyl (C=O) groups is 2. The Morgan fingerprint density at radius 2 is 2.08 bits per heavy atom. The third-order valence-corrected chi connectivity index (χ3v) is 5.55. The van der Waals surface area contributed by atoms with Crippen molar-refractivity contribution in [3.05, 3.63) is 51.7 Å². The zero-order valence-electron chi connectivity index (χ0n) is 13.9. The molecule has 25 heavy (non-hydrogen) atoms. The first-order valence-electron chi connectivity index (χ1n) is 7.87. The molecular formula is C18H21ClN2O3S. The standard InChI is InChI=1S/C18H20N2O3S.ClH/c1-23-17(22)18(6-3-7-18)13-4-2-5-14(9-13)20-16(21)15-8-12(10-19)11-24-15;/h2,4-5,8-9,11H,3,6-7,10,19H2,1H3,(H,20,21);1H. The molecule has 1 aliphatic carbocycles. The van der Waals surface area contributed by atoms with E-state index in [1.807, 2.05) is 29.6 Å². The molecule has 0 saturated heterocycles. The molecule has 3 rings (SSSR count). The number of ether oxygens (including phenoxy) is 1. The molecule has 0 atom stereocenters. The molecule has 1 amide bonds. The summed E-state index contributed by atoms with van der Waals surface area (Å²) in [4.78, 5) is 25.2. The molecule has 1 saturated carbocycles. The fourth-order valence-electron chi connectivity index (χ4n) is 3.03. The van der Waals surface area contributed by atoms with Gasteiger partial charge in [-0.1, -0.05) is 18.6 Å². The van der Waals surface area contributed by atoms with Gasteiger partial charge in [-0.05, 0) is 47.5 Å². The number of nitrogens with two attached hydrogens (primary N) is 1. The number of hydrogen-bond acceptors (Lipinski definition) is 5. The van der Waals surface area contributed by atoms with Crippen LogP contribution in [0.3, 0.4) is 0 Å². The summed E-state index contributed by atoms with van der Waals surface area (Å²) in [7, 11) is 1.42. The number of nitrogens with one attached hydrogen (secondary N) is 1. The molecule has 1 aliphatic rings. The summed E-state index contributed by atoms with van der Waals surface area (Å²) >= 11 is 1.37. The van der Waals surface area contributed by atoms with E-state index in [9.17, 15) is 9.59 Å². The van der Waals surface area contributed by atoms with Gasteiger partial charge in [0, 0.05) is 12.2 Å². The molecule has 0 unspecified atom stereocenters. The summed E-state index contributed by atoms with van der Waals surface area (Å²) in [5, 5.41) is 4.77. The lowest BCUT2D eigenvalue weighted by molar-refractivity contribution is -0.151. The molecule has 1 heterocycles. The summed E-state index contributed by atoms with van der Waals surface area (Å²) in [6, 6.07) is 9.26. The molecular weight excluding hydrogens is 360 g/mol. The van der Waals surface area contributed by atoms with Crippen molar-refractivity contribution in [3.8, 4) is 0 Å². The minimum atomic E-state index is -0.564. The van der Waals surface area contributed by atoms with Crippen molar-refractivity contribution in [2.45, 2.75) is 31.2 Å². The number of methoxy groups -OCH3 is 1.